The Kier molecular flexibility index (Phi) is 5.23. The van der Waals surface area contributed by atoms with E-state index >= 15 is 0 Å². The first-order valence-electron chi connectivity index (χ1n) is 7.67. The first-order chi connectivity index (χ1) is 11.8. The van der Waals surface area contributed by atoms with E-state index in [0.29, 0.717) is 32.9 Å². The molecule has 0 aliphatic heterocycles. The minimum absolute atomic E-state index is 0.186. The molecule has 2 amide bonds. The van der Waals surface area contributed by atoms with Gasteiger partial charge in [0.25, 0.3) is 0 Å². The minimum atomic E-state index is -0.364. The molecular formula is C18H15Cl3N2O2. The van der Waals surface area contributed by atoms with Gasteiger partial charge in [-0.25, -0.2) is 0 Å². The second kappa shape index (κ2) is 7.24. The molecule has 1 fully saturated rings. The summed E-state index contributed by atoms with van der Waals surface area (Å²) in [6.45, 7) is 1.88. The number of aryl methyl sites for hydroxylation is 1. The maximum Gasteiger partial charge on any atom is 0.228 e. The van der Waals surface area contributed by atoms with Crippen molar-refractivity contribution >= 4 is 58.0 Å². The fraction of sp³-hybridized carbons (Fsp3) is 0.222. The van der Waals surface area contributed by atoms with Crippen LogP contribution in [0.1, 0.15) is 12.0 Å². The summed E-state index contributed by atoms with van der Waals surface area (Å²) in [6, 6.07) is 10.1. The van der Waals surface area contributed by atoms with E-state index in [1.807, 2.05) is 13.0 Å². The highest BCUT2D eigenvalue weighted by Gasteiger charge is 2.48. The maximum absolute atomic E-state index is 12.3. The molecule has 0 spiro atoms. The van der Waals surface area contributed by atoms with Crippen LogP contribution in [0.3, 0.4) is 0 Å². The Labute approximate surface area is 160 Å². The molecule has 0 heterocycles. The number of amides is 2. The van der Waals surface area contributed by atoms with Gasteiger partial charge in [0.15, 0.2) is 0 Å². The highest BCUT2D eigenvalue weighted by Crippen LogP contribution is 2.40. The lowest BCUT2D eigenvalue weighted by atomic mass is 10.2. The standard InChI is InChI=1S/C18H15Cl3N2O2/c1-9-2-3-10(19)7-16(9)23-18(25)15-8-14(15)17(24)22-13-5-11(20)4-12(21)6-13/h2-7,14-15H,8H2,1H3,(H,22,24)(H,23,25). The van der Waals surface area contributed by atoms with E-state index in [4.69, 9.17) is 34.8 Å². The van der Waals surface area contributed by atoms with Crippen molar-refractivity contribution < 1.29 is 9.59 Å². The van der Waals surface area contributed by atoms with Crippen LogP contribution in [-0.2, 0) is 9.59 Å². The summed E-state index contributed by atoms with van der Waals surface area (Å²) in [4.78, 5) is 24.6. The third-order valence-electron chi connectivity index (χ3n) is 4.05. The number of halogens is 3. The monoisotopic (exact) mass is 396 g/mol. The Morgan fingerprint density at radius 2 is 1.48 bits per heavy atom. The summed E-state index contributed by atoms with van der Waals surface area (Å²) < 4.78 is 0. The van der Waals surface area contributed by atoms with E-state index in [9.17, 15) is 9.59 Å². The van der Waals surface area contributed by atoms with Crippen LogP contribution in [0.4, 0.5) is 11.4 Å². The van der Waals surface area contributed by atoms with Crippen molar-refractivity contribution in [1.29, 1.82) is 0 Å². The lowest BCUT2D eigenvalue weighted by molar-refractivity contribution is -0.122. The van der Waals surface area contributed by atoms with E-state index < -0.39 is 0 Å². The summed E-state index contributed by atoms with van der Waals surface area (Å²) in [5.41, 5.74) is 2.08. The fourth-order valence-electron chi connectivity index (χ4n) is 2.59. The quantitative estimate of drug-likeness (QED) is 0.748. The number of benzene rings is 2. The molecular weight excluding hydrogens is 383 g/mol. The van der Waals surface area contributed by atoms with Gasteiger partial charge in [0.05, 0.1) is 11.8 Å². The van der Waals surface area contributed by atoms with Gasteiger partial charge in [-0.1, -0.05) is 40.9 Å². The molecule has 2 atom stereocenters. The molecule has 2 unspecified atom stereocenters. The second-order valence-electron chi connectivity index (χ2n) is 6.04. The average molecular weight is 398 g/mol. The summed E-state index contributed by atoms with van der Waals surface area (Å²) in [5.74, 6) is -1.12. The molecule has 25 heavy (non-hydrogen) atoms. The van der Waals surface area contributed by atoms with Gasteiger partial charge in [0.1, 0.15) is 0 Å². The van der Waals surface area contributed by atoms with E-state index in [-0.39, 0.29) is 23.7 Å². The summed E-state index contributed by atoms with van der Waals surface area (Å²) >= 11 is 17.8. The smallest absolute Gasteiger partial charge is 0.228 e. The molecule has 3 rings (SSSR count). The molecule has 1 aliphatic rings. The third-order valence-corrected chi connectivity index (χ3v) is 4.72. The number of nitrogens with one attached hydrogen (secondary N) is 2. The summed E-state index contributed by atoms with van der Waals surface area (Å²) in [6.07, 6.45) is 0.506. The Morgan fingerprint density at radius 1 is 0.880 bits per heavy atom. The first kappa shape index (κ1) is 18.1. The number of hydrogen-bond donors (Lipinski definition) is 2. The molecule has 2 aromatic carbocycles. The van der Waals surface area contributed by atoms with Crippen molar-refractivity contribution in [3.05, 3.63) is 57.0 Å². The van der Waals surface area contributed by atoms with Crippen LogP contribution >= 0.6 is 34.8 Å². The van der Waals surface area contributed by atoms with Gasteiger partial charge in [-0.2, -0.15) is 0 Å². The summed E-state index contributed by atoms with van der Waals surface area (Å²) in [7, 11) is 0. The summed E-state index contributed by atoms with van der Waals surface area (Å²) in [5, 5.41) is 6.99. The van der Waals surface area contributed by atoms with Gasteiger partial charge in [0, 0.05) is 26.4 Å². The van der Waals surface area contributed by atoms with Crippen molar-refractivity contribution in [2.45, 2.75) is 13.3 Å². The average Bonchev–Trinajstić information content (AvgIpc) is 3.30. The predicted molar refractivity (Wildman–Crippen MR) is 102 cm³/mol. The van der Waals surface area contributed by atoms with Gasteiger partial charge in [-0.05, 0) is 49.2 Å². The van der Waals surface area contributed by atoms with Crippen molar-refractivity contribution in [2.24, 2.45) is 11.8 Å². The molecule has 0 radical (unpaired) electrons. The Morgan fingerprint density at radius 3 is 2.12 bits per heavy atom. The zero-order valence-electron chi connectivity index (χ0n) is 13.3. The number of carbonyl (C=O) groups excluding carboxylic acids is 2. The SMILES string of the molecule is Cc1ccc(Cl)cc1NC(=O)C1CC1C(=O)Nc1cc(Cl)cc(Cl)c1. The van der Waals surface area contributed by atoms with Crippen LogP contribution in [0.25, 0.3) is 0 Å². The number of rotatable bonds is 4. The van der Waals surface area contributed by atoms with Gasteiger partial charge in [-0.15, -0.1) is 0 Å². The van der Waals surface area contributed by atoms with Crippen LogP contribution in [0.2, 0.25) is 15.1 Å². The third kappa shape index (κ3) is 4.46. The van der Waals surface area contributed by atoms with Gasteiger partial charge in [-0.3, -0.25) is 9.59 Å². The highest BCUT2D eigenvalue weighted by molar-refractivity contribution is 6.35. The normalized spacial score (nSPS) is 18.6. The van der Waals surface area contributed by atoms with Crippen LogP contribution < -0.4 is 10.6 Å². The van der Waals surface area contributed by atoms with Crippen molar-refractivity contribution in [1.82, 2.24) is 0 Å². The zero-order valence-corrected chi connectivity index (χ0v) is 15.5. The van der Waals surface area contributed by atoms with E-state index in [2.05, 4.69) is 10.6 Å². The Hall–Kier alpha value is -1.75. The van der Waals surface area contributed by atoms with Gasteiger partial charge < -0.3 is 10.6 Å². The van der Waals surface area contributed by atoms with Crippen LogP contribution in [0.15, 0.2) is 36.4 Å². The molecule has 0 bridgehead atoms. The van der Waals surface area contributed by atoms with E-state index in [0.717, 1.165) is 5.56 Å². The zero-order chi connectivity index (χ0) is 18.1. The molecule has 4 nitrogen and oxygen atoms in total. The maximum atomic E-state index is 12.3. The van der Waals surface area contributed by atoms with E-state index in [1.165, 1.54) is 0 Å². The van der Waals surface area contributed by atoms with Crippen molar-refractivity contribution in [3.63, 3.8) is 0 Å². The Balaban J connectivity index is 1.60. The van der Waals surface area contributed by atoms with Crippen molar-refractivity contribution in [3.8, 4) is 0 Å². The second-order valence-corrected chi connectivity index (χ2v) is 7.35. The molecule has 130 valence electrons. The highest BCUT2D eigenvalue weighted by atomic mass is 35.5. The van der Waals surface area contributed by atoms with Gasteiger partial charge >= 0.3 is 0 Å². The lowest BCUT2D eigenvalue weighted by Crippen LogP contribution is -2.20. The van der Waals surface area contributed by atoms with Gasteiger partial charge in [0.2, 0.25) is 11.8 Å². The molecule has 0 aromatic heterocycles. The number of carbonyl (C=O) groups is 2. The Bertz CT molecular complexity index is 834. The molecule has 0 saturated heterocycles. The van der Waals surface area contributed by atoms with E-state index in [1.54, 1.807) is 30.3 Å². The molecule has 2 aromatic rings. The predicted octanol–water partition coefficient (Wildman–Crippen LogP) is 5.17. The molecule has 7 heteroatoms. The molecule has 2 N–H and O–H groups in total. The lowest BCUT2D eigenvalue weighted by Gasteiger charge is -2.09. The first-order valence-corrected chi connectivity index (χ1v) is 8.81. The fourth-order valence-corrected chi connectivity index (χ4v) is 3.29. The molecule has 1 aliphatic carbocycles. The van der Waals surface area contributed by atoms with Crippen LogP contribution in [0.5, 0.6) is 0 Å². The molecule has 1 saturated carbocycles. The topological polar surface area (TPSA) is 58.2 Å². The van der Waals surface area contributed by atoms with Crippen molar-refractivity contribution in [2.75, 3.05) is 10.6 Å². The minimum Gasteiger partial charge on any atom is -0.326 e. The number of anilines is 2. The largest absolute Gasteiger partial charge is 0.326 e. The van der Waals surface area contributed by atoms with Crippen LogP contribution in [0, 0.1) is 18.8 Å². The number of hydrogen-bond acceptors (Lipinski definition) is 2. The van der Waals surface area contributed by atoms with Crippen LogP contribution in [-0.4, -0.2) is 11.8 Å².